The molecule has 1 amide bonds. The Balaban J connectivity index is 2.24. The van der Waals surface area contributed by atoms with Gasteiger partial charge in [0.25, 0.3) is 5.91 Å². The standard InChI is InChI=1S/C19H30N2O4S/c1-4-8-14(2)20-19(22)15-11-12-17(25-3)18(13-15)26(23,24)21-16-9-6-5-7-10-16/h11-14,16,21H,4-10H2,1-3H3,(H,20,22)/t14-/m1/s1. The summed E-state index contributed by atoms with van der Waals surface area (Å²) in [5.74, 6) is -0.0332. The minimum Gasteiger partial charge on any atom is -0.495 e. The lowest BCUT2D eigenvalue weighted by molar-refractivity contribution is 0.0938. The molecular formula is C19H30N2O4S. The first kappa shape index (κ1) is 20.7. The predicted molar refractivity (Wildman–Crippen MR) is 102 cm³/mol. The predicted octanol–water partition coefficient (Wildman–Crippen LogP) is 3.22. The van der Waals surface area contributed by atoms with Crippen LogP contribution in [0.3, 0.4) is 0 Å². The molecule has 1 aliphatic rings. The van der Waals surface area contributed by atoms with E-state index in [0.717, 1.165) is 44.9 Å². The zero-order valence-electron chi connectivity index (χ0n) is 15.9. The highest BCUT2D eigenvalue weighted by molar-refractivity contribution is 7.89. The zero-order valence-corrected chi connectivity index (χ0v) is 16.7. The lowest BCUT2D eigenvalue weighted by Gasteiger charge is -2.23. The lowest BCUT2D eigenvalue weighted by Crippen LogP contribution is -2.36. The van der Waals surface area contributed by atoms with Crippen molar-refractivity contribution in [2.24, 2.45) is 0 Å². The second-order valence-corrected chi connectivity index (χ2v) is 8.67. The normalized spacial score (nSPS) is 16.9. The first-order chi connectivity index (χ1) is 12.4. The third kappa shape index (κ3) is 5.45. The molecule has 26 heavy (non-hydrogen) atoms. The van der Waals surface area contributed by atoms with Crippen molar-refractivity contribution in [3.05, 3.63) is 23.8 Å². The minimum absolute atomic E-state index is 0.0152. The molecule has 1 saturated carbocycles. The number of hydrogen-bond donors (Lipinski definition) is 2. The van der Waals surface area contributed by atoms with E-state index in [0.29, 0.717) is 5.56 Å². The van der Waals surface area contributed by atoms with Crippen molar-refractivity contribution in [1.29, 1.82) is 0 Å². The van der Waals surface area contributed by atoms with Gasteiger partial charge in [0.15, 0.2) is 0 Å². The van der Waals surface area contributed by atoms with Gasteiger partial charge in [0, 0.05) is 17.6 Å². The Morgan fingerprint density at radius 1 is 1.27 bits per heavy atom. The summed E-state index contributed by atoms with van der Waals surface area (Å²) >= 11 is 0. The van der Waals surface area contributed by atoms with Crippen LogP contribution in [0.25, 0.3) is 0 Å². The number of rotatable bonds is 8. The number of hydrogen-bond acceptors (Lipinski definition) is 4. The van der Waals surface area contributed by atoms with E-state index in [1.54, 1.807) is 6.07 Å². The molecule has 2 rings (SSSR count). The molecule has 6 nitrogen and oxygen atoms in total. The van der Waals surface area contributed by atoms with Crippen LogP contribution in [-0.2, 0) is 10.0 Å². The molecule has 0 spiro atoms. The first-order valence-electron chi connectivity index (χ1n) is 9.38. The van der Waals surface area contributed by atoms with E-state index in [4.69, 9.17) is 4.74 Å². The van der Waals surface area contributed by atoms with Gasteiger partial charge in [-0.05, 0) is 44.4 Å². The number of carbonyl (C=O) groups excluding carboxylic acids is 1. The Labute approximate surface area is 156 Å². The SMILES string of the molecule is CCC[C@@H](C)NC(=O)c1ccc(OC)c(S(=O)(=O)NC2CCCCC2)c1. The largest absolute Gasteiger partial charge is 0.495 e. The monoisotopic (exact) mass is 382 g/mol. The van der Waals surface area contributed by atoms with Crippen molar-refractivity contribution in [1.82, 2.24) is 10.0 Å². The van der Waals surface area contributed by atoms with Gasteiger partial charge in [-0.15, -0.1) is 0 Å². The van der Waals surface area contributed by atoms with Crippen LogP contribution in [0.15, 0.2) is 23.1 Å². The van der Waals surface area contributed by atoms with Gasteiger partial charge in [-0.1, -0.05) is 32.6 Å². The van der Waals surface area contributed by atoms with Gasteiger partial charge >= 0.3 is 0 Å². The number of ether oxygens (including phenoxy) is 1. The van der Waals surface area contributed by atoms with Gasteiger partial charge in [-0.2, -0.15) is 0 Å². The molecule has 1 aliphatic carbocycles. The Morgan fingerprint density at radius 3 is 2.58 bits per heavy atom. The number of nitrogens with one attached hydrogen (secondary N) is 2. The number of carbonyl (C=O) groups is 1. The summed E-state index contributed by atoms with van der Waals surface area (Å²) < 4.78 is 33.7. The fraction of sp³-hybridized carbons (Fsp3) is 0.632. The maximum atomic E-state index is 12.9. The van der Waals surface area contributed by atoms with Crippen molar-refractivity contribution < 1.29 is 17.9 Å². The Morgan fingerprint density at radius 2 is 1.96 bits per heavy atom. The van der Waals surface area contributed by atoms with E-state index in [1.165, 1.54) is 19.2 Å². The van der Waals surface area contributed by atoms with E-state index in [-0.39, 0.29) is 28.6 Å². The molecule has 0 saturated heterocycles. The quantitative estimate of drug-likeness (QED) is 0.723. The van der Waals surface area contributed by atoms with Gasteiger partial charge in [0.1, 0.15) is 10.6 Å². The molecule has 146 valence electrons. The fourth-order valence-electron chi connectivity index (χ4n) is 3.34. The van der Waals surface area contributed by atoms with Crippen molar-refractivity contribution in [2.45, 2.75) is 75.8 Å². The van der Waals surface area contributed by atoms with E-state index in [9.17, 15) is 13.2 Å². The summed E-state index contributed by atoms with van der Waals surface area (Å²) in [5.41, 5.74) is 0.317. The summed E-state index contributed by atoms with van der Waals surface area (Å²) in [5, 5.41) is 2.90. The zero-order chi connectivity index (χ0) is 19.2. The van der Waals surface area contributed by atoms with E-state index < -0.39 is 10.0 Å². The summed E-state index contributed by atoms with van der Waals surface area (Å²) in [6.45, 7) is 3.99. The fourth-order valence-corrected chi connectivity index (χ4v) is 4.84. The summed E-state index contributed by atoms with van der Waals surface area (Å²) in [7, 11) is -2.32. The van der Waals surface area contributed by atoms with Crippen LogP contribution in [0.2, 0.25) is 0 Å². The molecule has 0 aliphatic heterocycles. The molecule has 1 atom stereocenters. The summed E-state index contributed by atoms with van der Waals surface area (Å²) in [6.07, 6.45) is 6.73. The topological polar surface area (TPSA) is 84.5 Å². The highest BCUT2D eigenvalue weighted by Gasteiger charge is 2.26. The molecule has 1 aromatic carbocycles. The molecule has 0 heterocycles. The van der Waals surface area contributed by atoms with Gasteiger partial charge in [0.2, 0.25) is 10.0 Å². The smallest absolute Gasteiger partial charge is 0.251 e. The average Bonchev–Trinajstić information content (AvgIpc) is 2.61. The Hall–Kier alpha value is -1.60. The Kier molecular flexibility index (Phi) is 7.46. The van der Waals surface area contributed by atoms with E-state index in [1.807, 2.05) is 6.92 Å². The molecule has 0 radical (unpaired) electrons. The van der Waals surface area contributed by atoms with Crippen LogP contribution in [0, 0.1) is 0 Å². The highest BCUT2D eigenvalue weighted by atomic mass is 32.2. The van der Waals surface area contributed by atoms with Crippen LogP contribution in [0.5, 0.6) is 5.75 Å². The summed E-state index contributed by atoms with van der Waals surface area (Å²) in [4.78, 5) is 12.4. The van der Waals surface area contributed by atoms with Crippen LogP contribution >= 0.6 is 0 Å². The van der Waals surface area contributed by atoms with Crippen molar-refractivity contribution in [3.8, 4) is 5.75 Å². The van der Waals surface area contributed by atoms with Gasteiger partial charge in [-0.3, -0.25) is 4.79 Å². The van der Waals surface area contributed by atoms with Crippen LogP contribution in [-0.4, -0.2) is 33.5 Å². The van der Waals surface area contributed by atoms with Crippen LogP contribution < -0.4 is 14.8 Å². The number of methoxy groups -OCH3 is 1. The number of benzene rings is 1. The summed E-state index contributed by atoms with van der Waals surface area (Å²) in [6, 6.07) is 4.51. The van der Waals surface area contributed by atoms with Gasteiger partial charge in [0.05, 0.1) is 7.11 Å². The third-order valence-corrected chi connectivity index (χ3v) is 6.28. The van der Waals surface area contributed by atoms with Gasteiger partial charge in [-0.25, -0.2) is 13.1 Å². The Bertz CT molecular complexity index is 712. The molecule has 0 bridgehead atoms. The van der Waals surface area contributed by atoms with Gasteiger partial charge < -0.3 is 10.1 Å². The molecule has 2 N–H and O–H groups in total. The second-order valence-electron chi connectivity index (χ2n) is 6.99. The maximum Gasteiger partial charge on any atom is 0.251 e. The third-order valence-electron chi connectivity index (χ3n) is 4.74. The highest BCUT2D eigenvalue weighted by Crippen LogP contribution is 2.27. The molecule has 0 aromatic heterocycles. The first-order valence-corrected chi connectivity index (χ1v) is 10.9. The van der Waals surface area contributed by atoms with Crippen molar-refractivity contribution in [2.75, 3.05) is 7.11 Å². The lowest BCUT2D eigenvalue weighted by atomic mass is 9.96. The molecule has 1 aromatic rings. The van der Waals surface area contributed by atoms with Crippen molar-refractivity contribution >= 4 is 15.9 Å². The van der Waals surface area contributed by atoms with Crippen molar-refractivity contribution in [3.63, 3.8) is 0 Å². The van der Waals surface area contributed by atoms with Crippen LogP contribution in [0.4, 0.5) is 0 Å². The van der Waals surface area contributed by atoms with E-state index in [2.05, 4.69) is 17.0 Å². The molecule has 0 unspecified atom stereocenters. The number of amides is 1. The number of sulfonamides is 1. The van der Waals surface area contributed by atoms with E-state index >= 15 is 0 Å². The molecular weight excluding hydrogens is 352 g/mol. The minimum atomic E-state index is -3.75. The second kappa shape index (κ2) is 9.37. The van der Waals surface area contributed by atoms with Crippen LogP contribution in [0.1, 0.15) is 69.2 Å². The maximum absolute atomic E-state index is 12.9. The average molecular weight is 383 g/mol. The molecule has 7 heteroatoms. The molecule has 1 fully saturated rings.